The van der Waals surface area contributed by atoms with Gasteiger partial charge in [0.15, 0.2) is 0 Å². The number of hydrogen-bond acceptors (Lipinski definition) is 16. The number of fused-ring (bicyclic) bond motifs is 19. The van der Waals surface area contributed by atoms with E-state index in [0.717, 1.165) is 33.4 Å². The average Bonchev–Trinajstić information content (AvgIpc) is 0.784. The number of esters is 3. The van der Waals surface area contributed by atoms with Gasteiger partial charge in [-0.15, -0.1) is 0 Å². The molecule has 0 aromatic heterocycles. The smallest absolute Gasteiger partial charge is 0.338 e. The molecule has 0 saturated carbocycles. The zero-order valence-corrected chi connectivity index (χ0v) is 55.1. The van der Waals surface area contributed by atoms with Gasteiger partial charge >= 0.3 is 54.1 Å². The van der Waals surface area contributed by atoms with Crippen LogP contribution in [0.2, 0.25) is 0 Å². The summed E-state index contributed by atoms with van der Waals surface area (Å²) in [6.07, 6.45) is 1.62. The Morgan fingerprint density at radius 1 is 0.427 bits per heavy atom. The lowest BCUT2D eigenvalue weighted by atomic mass is 9.82. The Labute approximate surface area is 555 Å². The number of nitrogens with zero attached hydrogens (tertiary/aromatic N) is 3. The maximum Gasteiger partial charge on any atom is 0.338 e. The molecule has 0 atom stereocenters. The fourth-order valence-electron chi connectivity index (χ4n) is 11.2. The number of carbonyl (C=O) groups is 9. The van der Waals surface area contributed by atoms with Crippen molar-refractivity contribution in [2.24, 2.45) is 5.11 Å². The van der Waals surface area contributed by atoms with Crippen LogP contribution in [0.15, 0.2) is 59.7 Å². The van der Waals surface area contributed by atoms with E-state index in [1.165, 1.54) is 54.6 Å². The highest BCUT2D eigenvalue weighted by atomic mass is 16.6. The maximum absolute atomic E-state index is 14.5. The predicted octanol–water partition coefficient (Wildman–Crippen LogP) is 9.84. The molecule has 30 nitrogen and oxygen atoms in total. The molecule has 0 unspecified atom stereocenters. The lowest BCUT2D eigenvalue weighted by Gasteiger charge is -2.27. The van der Waals surface area contributed by atoms with Crippen molar-refractivity contribution in [2.75, 3.05) is 97.8 Å². The van der Waals surface area contributed by atoms with Crippen molar-refractivity contribution in [3.63, 3.8) is 0 Å². The molecule has 12 amide bonds. The molecule has 3 heterocycles. The van der Waals surface area contributed by atoms with Gasteiger partial charge < -0.3 is 92.2 Å². The second kappa shape index (κ2) is 36.0. The van der Waals surface area contributed by atoms with E-state index in [4.69, 9.17) is 34.0 Å². The highest BCUT2D eigenvalue weighted by Gasteiger charge is 2.27. The normalized spacial score (nSPS) is 13.9. The van der Waals surface area contributed by atoms with E-state index in [2.05, 4.69) is 73.8 Å². The van der Waals surface area contributed by atoms with E-state index in [0.29, 0.717) is 47.1 Å². The van der Waals surface area contributed by atoms with Gasteiger partial charge in [-0.1, -0.05) is 25.9 Å². The Bertz CT molecular complexity index is 3780. The average molecular weight is 1330 g/mol. The molecule has 0 fully saturated rings. The van der Waals surface area contributed by atoms with Gasteiger partial charge in [-0.3, -0.25) is 0 Å². The van der Waals surface area contributed by atoms with Crippen molar-refractivity contribution in [1.82, 2.24) is 31.9 Å². The summed E-state index contributed by atoms with van der Waals surface area (Å²) in [5, 5.41) is 37.9. The Morgan fingerprint density at radius 3 is 1.14 bits per heavy atom. The number of urea groups is 6. The molecular weight excluding hydrogens is 1240 g/mol. The molecule has 5 aromatic rings. The van der Waals surface area contributed by atoms with Crippen LogP contribution in [0.1, 0.15) is 134 Å². The summed E-state index contributed by atoms with van der Waals surface area (Å²) in [5.41, 5.74) is 16.2. The zero-order valence-electron chi connectivity index (χ0n) is 55.1. The van der Waals surface area contributed by atoms with Crippen LogP contribution in [0.4, 0.5) is 62.9 Å². The molecule has 96 heavy (non-hydrogen) atoms. The Hall–Kier alpha value is -10.8. The van der Waals surface area contributed by atoms with Crippen LogP contribution in [0, 0.1) is 13.8 Å². The number of ether oxygens (including phenoxy) is 6. The first-order valence-corrected chi connectivity index (χ1v) is 31.7. The third-order valence-corrected chi connectivity index (χ3v) is 15.7. The van der Waals surface area contributed by atoms with Crippen LogP contribution >= 0.6 is 0 Å². The summed E-state index contributed by atoms with van der Waals surface area (Å²) in [6.45, 7) is 14.1. The molecule has 5 aromatic carbocycles. The van der Waals surface area contributed by atoms with Crippen LogP contribution < -0.4 is 68.5 Å². The molecular formula is C66H83N15O15. The molecule has 0 spiro atoms. The van der Waals surface area contributed by atoms with Crippen molar-refractivity contribution in [3.05, 3.63) is 143 Å². The van der Waals surface area contributed by atoms with E-state index in [1.54, 1.807) is 34.6 Å². The quantitative estimate of drug-likeness (QED) is 0.00913. The summed E-state index contributed by atoms with van der Waals surface area (Å²) in [7, 11) is 0. The molecule has 30 heteroatoms. The van der Waals surface area contributed by atoms with E-state index in [-0.39, 0.29) is 162 Å². The standard InChI is InChI=1S/C66H83N15O15/c1-9-42-45-21-22-68-61(85)75-51-18-15-39(58(82)93-12-4)29-54(51)79-65(89)70-33-47-37(7)46-32-69-64(88)78-55-30-40(59(83)94-13-5)16-19-52(55)76-62(86)72-35-49(42)44(11-3)50(43(45)10-2)36-73-63(87)77-53-20-17-41(60(84)95-14-6)31-56(53)80-66(90)71-34-48(38(46)8)57(47)96-28-27-92-26-25-91-24-23-74-81-67/h15-20,29-31H,9-14,21-28,32-36H2,1-8H3,(H2,68,75,85)(H2,69,78,88)(H2,70,79,89)(H2,71,80,90)(H2,72,76,86)(H2,73,77,87). The van der Waals surface area contributed by atoms with Gasteiger partial charge in [0, 0.05) is 61.9 Å². The van der Waals surface area contributed by atoms with Gasteiger partial charge in [-0.05, 0) is 171 Å². The summed E-state index contributed by atoms with van der Waals surface area (Å²) in [6, 6.07) is 8.30. The largest absolute Gasteiger partial charge is 0.490 e. The molecule has 12 N–H and O–H groups in total. The van der Waals surface area contributed by atoms with Gasteiger partial charge in [0.05, 0.1) is 97.1 Å². The number of anilines is 6. The first-order chi connectivity index (χ1) is 46.4. The molecule has 0 aliphatic carbocycles. The summed E-state index contributed by atoms with van der Waals surface area (Å²) in [4.78, 5) is 129. The number of azide groups is 1. The molecule has 3 aliphatic heterocycles. The van der Waals surface area contributed by atoms with Gasteiger partial charge in [0.25, 0.3) is 0 Å². The van der Waals surface area contributed by atoms with Crippen molar-refractivity contribution in [3.8, 4) is 5.75 Å². The molecule has 3 aliphatic rings. The summed E-state index contributed by atoms with van der Waals surface area (Å²) < 4.78 is 33.8. The van der Waals surface area contributed by atoms with Gasteiger partial charge in [0.2, 0.25) is 0 Å². The van der Waals surface area contributed by atoms with Crippen molar-refractivity contribution < 1.29 is 71.6 Å². The fraction of sp³-hybridized carbons (Fsp3) is 0.409. The van der Waals surface area contributed by atoms with Crippen molar-refractivity contribution >= 4 is 88.2 Å². The van der Waals surface area contributed by atoms with E-state index < -0.39 is 54.1 Å². The van der Waals surface area contributed by atoms with Crippen LogP contribution in [0.5, 0.6) is 5.75 Å². The highest BCUT2D eigenvalue weighted by Crippen LogP contribution is 2.36. The number of rotatable bonds is 19. The minimum Gasteiger partial charge on any atom is -0.490 e. The van der Waals surface area contributed by atoms with Crippen molar-refractivity contribution in [2.45, 2.75) is 114 Å². The van der Waals surface area contributed by atoms with E-state index >= 15 is 0 Å². The third-order valence-electron chi connectivity index (χ3n) is 15.7. The van der Waals surface area contributed by atoms with Crippen molar-refractivity contribution in [1.29, 1.82) is 0 Å². The molecule has 0 radical (unpaired) electrons. The second-order valence-electron chi connectivity index (χ2n) is 21.6. The molecule has 512 valence electrons. The van der Waals surface area contributed by atoms with E-state index in [9.17, 15) is 43.2 Å². The number of nitrogens with one attached hydrogen (secondary N) is 12. The minimum atomic E-state index is -0.814. The summed E-state index contributed by atoms with van der Waals surface area (Å²) in [5.74, 6) is -1.91. The SMILES string of the molecule is CCOC(=O)c1ccc2c(c1)NC(=O)NCc1c(C)c3c(OCCOCCOCCN=[N+]=[N-])c(c1C)CNC(=O)Nc1cc(C(=O)OCC)ccc1NC(=O)NCc1c(CC)c(c(CC)c(c1CC)CNC(=O)N2)CCNC(=O)Nc1ccc(C(=O)OCC)cc1NC(=O)NC3. The first-order valence-electron chi connectivity index (χ1n) is 31.7. The Kier molecular flexibility index (Phi) is 27.2. The summed E-state index contributed by atoms with van der Waals surface area (Å²) >= 11 is 0. The third kappa shape index (κ3) is 19.4. The number of carbonyl (C=O) groups excluding carboxylic acids is 9. The van der Waals surface area contributed by atoms with Crippen LogP contribution in [-0.4, -0.2) is 120 Å². The zero-order chi connectivity index (χ0) is 69.3. The van der Waals surface area contributed by atoms with Crippen LogP contribution in [0.25, 0.3) is 10.4 Å². The topological polar surface area (TPSA) is 402 Å². The predicted molar refractivity (Wildman–Crippen MR) is 359 cm³/mol. The monoisotopic (exact) mass is 1330 g/mol. The second-order valence-corrected chi connectivity index (χ2v) is 21.6. The van der Waals surface area contributed by atoms with Gasteiger partial charge in [-0.25, -0.2) is 43.2 Å². The lowest BCUT2D eigenvalue weighted by molar-refractivity contribution is 0.0385. The number of amides is 12. The maximum atomic E-state index is 14.5. The van der Waals surface area contributed by atoms with Gasteiger partial charge in [-0.2, -0.15) is 0 Å². The van der Waals surface area contributed by atoms with E-state index in [1.807, 2.05) is 20.8 Å². The fourth-order valence-corrected chi connectivity index (χ4v) is 11.2. The number of hydrogen-bond donors (Lipinski definition) is 12. The lowest BCUT2D eigenvalue weighted by Crippen LogP contribution is -2.34. The number of benzene rings is 5. The minimum absolute atomic E-state index is 0.00276. The van der Waals surface area contributed by atoms with Gasteiger partial charge in [0.1, 0.15) is 12.4 Å². The van der Waals surface area contributed by atoms with Crippen LogP contribution in [-0.2, 0) is 82.1 Å². The highest BCUT2D eigenvalue weighted by molar-refractivity contribution is 6.04. The molecule has 6 bridgehead atoms. The Balaban J connectivity index is 1.44. The first kappa shape index (κ1) is 72.6. The molecule has 8 rings (SSSR count). The van der Waals surface area contributed by atoms with Crippen LogP contribution in [0.3, 0.4) is 0 Å². The molecule has 0 saturated heterocycles. The Morgan fingerprint density at radius 2 is 0.760 bits per heavy atom.